The molecule has 0 saturated heterocycles. The molecule has 1 aromatic rings. The van der Waals surface area contributed by atoms with Gasteiger partial charge in [-0.15, -0.1) is 0 Å². The zero-order valence-corrected chi connectivity index (χ0v) is 9.01. The van der Waals surface area contributed by atoms with Gasteiger partial charge >= 0.3 is 5.97 Å². The van der Waals surface area contributed by atoms with Crippen LogP contribution in [0.1, 0.15) is 29.2 Å². The Balaban J connectivity index is 2.98. The van der Waals surface area contributed by atoms with Gasteiger partial charge in [-0.05, 0) is 30.0 Å². The van der Waals surface area contributed by atoms with Gasteiger partial charge in [0.05, 0.1) is 0 Å². The molecule has 0 spiro atoms. The van der Waals surface area contributed by atoms with Gasteiger partial charge in [0.2, 0.25) is 0 Å². The van der Waals surface area contributed by atoms with Crippen LogP contribution in [0.15, 0.2) is 18.2 Å². The fourth-order valence-electron chi connectivity index (χ4n) is 1.50. The maximum atomic E-state index is 10.7. The van der Waals surface area contributed by atoms with Crippen molar-refractivity contribution >= 4 is 12.3 Å². The number of hydrogen-bond acceptors (Lipinski definition) is 3. The second-order valence-corrected chi connectivity index (χ2v) is 3.64. The molecular weight excluding hydrogens is 208 g/mol. The Morgan fingerprint density at radius 2 is 2.19 bits per heavy atom. The maximum absolute atomic E-state index is 10.7. The number of carbonyl (C=O) groups excluding carboxylic acids is 1. The lowest BCUT2D eigenvalue weighted by atomic mass is 9.98. The van der Waals surface area contributed by atoms with Gasteiger partial charge in [-0.2, -0.15) is 0 Å². The summed E-state index contributed by atoms with van der Waals surface area (Å²) in [5.41, 5.74) is 1.97. The summed E-state index contributed by atoms with van der Waals surface area (Å²) in [5.74, 6) is -1.27. The van der Waals surface area contributed by atoms with E-state index in [2.05, 4.69) is 0 Å². The molecule has 0 aromatic heterocycles. The van der Waals surface area contributed by atoms with Crippen molar-refractivity contribution in [3.05, 3.63) is 34.9 Å². The Morgan fingerprint density at radius 1 is 1.50 bits per heavy atom. The van der Waals surface area contributed by atoms with Crippen molar-refractivity contribution < 1.29 is 19.8 Å². The molecule has 0 aliphatic carbocycles. The number of benzene rings is 1. The van der Waals surface area contributed by atoms with E-state index in [0.29, 0.717) is 18.4 Å². The van der Waals surface area contributed by atoms with Crippen LogP contribution in [0.25, 0.3) is 0 Å². The van der Waals surface area contributed by atoms with Crippen molar-refractivity contribution in [3.8, 4) is 0 Å². The number of carboxylic acid groups (broad SMARTS) is 1. The van der Waals surface area contributed by atoms with E-state index in [-0.39, 0.29) is 0 Å². The Bertz CT molecular complexity index is 398. The van der Waals surface area contributed by atoms with Crippen molar-refractivity contribution in [1.82, 2.24) is 0 Å². The molecule has 1 atom stereocenters. The van der Waals surface area contributed by atoms with Crippen molar-refractivity contribution in [2.24, 2.45) is 0 Å². The monoisotopic (exact) mass is 222 g/mol. The van der Waals surface area contributed by atoms with Gasteiger partial charge in [0, 0.05) is 6.42 Å². The highest BCUT2D eigenvalue weighted by Crippen LogP contribution is 2.20. The second kappa shape index (κ2) is 5.42. The molecule has 0 radical (unpaired) electrons. The van der Waals surface area contributed by atoms with Gasteiger partial charge in [0.15, 0.2) is 6.10 Å². The molecule has 1 unspecified atom stereocenters. The van der Waals surface area contributed by atoms with E-state index >= 15 is 0 Å². The molecule has 2 N–H and O–H groups in total. The normalized spacial score (nSPS) is 12.1. The van der Waals surface area contributed by atoms with Gasteiger partial charge in [0.25, 0.3) is 0 Å². The number of aldehydes is 1. The van der Waals surface area contributed by atoms with Crippen LogP contribution in [0, 0.1) is 6.92 Å². The van der Waals surface area contributed by atoms with Gasteiger partial charge in [-0.25, -0.2) is 4.79 Å². The molecule has 1 aromatic carbocycles. The first-order chi connectivity index (χ1) is 7.56. The van der Waals surface area contributed by atoms with Crippen LogP contribution in [0.5, 0.6) is 0 Å². The molecule has 1 rings (SSSR count). The quantitative estimate of drug-likeness (QED) is 0.735. The molecule has 86 valence electrons. The fourth-order valence-corrected chi connectivity index (χ4v) is 1.50. The Labute approximate surface area is 93.5 Å². The minimum atomic E-state index is -1.50. The molecule has 0 aliphatic heterocycles. The Kier molecular flexibility index (Phi) is 4.19. The summed E-state index contributed by atoms with van der Waals surface area (Å²) in [6.07, 6.45) is 0.262. The van der Waals surface area contributed by atoms with E-state index in [1.54, 1.807) is 19.1 Å². The molecule has 0 aliphatic rings. The van der Waals surface area contributed by atoms with E-state index in [9.17, 15) is 14.7 Å². The predicted molar refractivity (Wildman–Crippen MR) is 58.2 cm³/mol. The zero-order valence-electron chi connectivity index (χ0n) is 9.01. The summed E-state index contributed by atoms with van der Waals surface area (Å²) >= 11 is 0. The number of aliphatic hydroxyl groups is 1. The maximum Gasteiger partial charge on any atom is 0.337 e. The lowest BCUT2D eigenvalue weighted by Gasteiger charge is -2.11. The van der Waals surface area contributed by atoms with Crippen LogP contribution in [0.2, 0.25) is 0 Å². The summed E-state index contributed by atoms with van der Waals surface area (Å²) in [5, 5.41) is 18.2. The fraction of sp³-hybridized carbons (Fsp3) is 0.333. The second-order valence-electron chi connectivity index (χ2n) is 3.64. The summed E-state index contributed by atoms with van der Waals surface area (Å²) in [4.78, 5) is 20.9. The Hall–Kier alpha value is -1.68. The summed E-state index contributed by atoms with van der Waals surface area (Å²) in [7, 11) is 0. The number of carbonyl (C=O) groups is 2. The summed E-state index contributed by atoms with van der Waals surface area (Å²) in [6, 6.07) is 5.22. The van der Waals surface area contributed by atoms with Crippen LogP contribution in [-0.4, -0.2) is 22.5 Å². The first kappa shape index (κ1) is 12.4. The topological polar surface area (TPSA) is 74.6 Å². The number of carboxylic acids is 1. The molecule has 0 heterocycles. The number of rotatable bonds is 5. The van der Waals surface area contributed by atoms with E-state index < -0.39 is 12.1 Å². The summed E-state index contributed by atoms with van der Waals surface area (Å²) in [6.45, 7) is 1.74. The molecule has 4 heteroatoms. The smallest absolute Gasteiger partial charge is 0.337 e. The predicted octanol–water partition coefficient (Wildman–Crippen LogP) is 1.24. The van der Waals surface area contributed by atoms with Crippen molar-refractivity contribution in [1.29, 1.82) is 0 Å². The highest BCUT2D eigenvalue weighted by atomic mass is 16.4. The first-order valence-corrected chi connectivity index (χ1v) is 5.00. The molecule has 4 nitrogen and oxygen atoms in total. The zero-order chi connectivity index (χ0) is 12.1. The van der Waals surface area contributed by atoms with Crippen LogP contribution in [-0.2, 0) is 16.0 Å². The molecule has 16 heavy (non-hydrogen) atoms. The van der Waals surface area contributed by atoms with Gasteiger partial charge < -0.3 is 15.0 Å². The lowest BCUT2D eigenvalue weighted by Crippen LogP contribution is -2.12. The molecule has 0 saturated carbocycles. The van der Waals surface area contributed by atoms with Crippen LogP contribution < -0.4 is 0 Å². The largest absolute Gasteiger partial charge is 0.479 e. The van der Waals surface area contributed by atoms with E-state index in [1.165, 1.54) is 0 Å². The average molecular weight is 222 g/mol. The van der Waals surface area contributed by atoms with Gasteiger partial charge in [-0.3, -0.25) is 0 Å². The third kappa shape index (κ3) is 2.90. The molecule has 0 amide bonds. The van der Waals surface area contributed by atoms with Gasteiger partial charge in [-0.1, -0.05) is 18.2 Å². The van der Waals surface area contributed by atoms with Crippen LogP contribution in [0.4, 0.5) is 0 Å². The van der Waals surface area contributed by atoms with Crippen molar-refractivity contribution in [2.75, 3.05) is 0 Å². The number of aliphatic carboxylic acids is 1. The highest BCUT2D eigenvalue weighted by Gasteiger charge is 2.18. The Morgan fingerprint density at radius 3 is 2.75 bits per heavy atom. The number of hydrogen-bond donors (Lipinski definition) is 2. The van der Waals surface area contributed by atoms with Gasteiger partial charge in [0.1, 0.15) is 6.29 Å². The van der Waals surface area contributed by atoms with E-state index in [1.807, 2.05) is 6.07 Å². The lowest BCUT2D eigenvalue weighted by molar-refractivity contribution is -0.147. The summed E-state index contributed by atoms with van der Waals surface area (Å²) < 4.78 is 0. The molecular formula is C12H14O4. The molecule has 0 fully saturated rings. The van der Waals surface area contributed by atoms with Crippen LogP contribution >= 0.6 is 0 Å². The number of aliphatic hydroxyl groups excluding tert-OH is 1. The van der Waals surface area contributed by atoms with Crippen molar-refractivity contribution in [3.63, 3.8) is 0 Å². The first-order valence-electron chi connectivity index (χ1n) is 5.00. The third-order valence-electron chi connectivity index (χ3n) is 2.42. The molecule has 0 bridgehead atoms. The van der Waals surface area contributed by atoms with Crippen LogP contribution in [0.3, 0.4) is 0 Å². The van der Waals surface area contributed by atoms with E-state index in [4.69, 9.17) is 5.11 Å². The average Bonchev–Trinajstić information content (AvgIpc) is 2.27. The van der Waals surface area contributed by atoms with E-state index in [0.717, 1.165) is 17.4 Å². The third-order valence-corrected chi connectivity index (χ3v) is 2.42. The standard InChI is InChI=1S/C12H14O4/c1-8-4-5-9(3-2-6-13)7-10(8)11(14)12(15)16/h4-7,11,14H,2-3H2,1H3,(H,15,16). The van der Waals surface area contributed by atoms with Crippen molar-refractivity contribution in [2.45, 2.75) is 25.9 Å². The minimum Gasteiger partial charge on any atom is -0.479 e. The highest BCUT2D eigenvalue weighted by molar-refractivity contribution is 5.74. The SMILES string of the molecule is Cc1ccc(CCC=O)cc1C(O)C(=O)O. The number of aryl methyl sites for hydroxylation is 2. The minimum absolute atomic E-state index is 0.385.